The van der Waals surface area contributed by atoms with Crippen molar-refractivity contribution in [3.63, 3.8) is 0 Å². The molecule has 2 aromatic rings. The van der Waals surface area contributed by atoms with E-state index in [0.29, 0.717) is 34.7 Å². The van der Waals surface area contributed by atoms with Crippen LogP contribution in [0.4, 0.5) is 0 Å². The number of rotatable bonds is 10. The molecule has 1 spiro atoms. The Morgan fingerprint density at radius 1 is 1.16 bits per heavy atom. The molecule has 0 bridgehead atoms. The Labute approximate surface area is 274 Å². The van der Waals surface area contributed by atoms with E-state index < -0.39 is 5.66 Å². The van der Waals surface area contributed by atoms with Crippen LogP contribution in [0.3, 0.4) is 0 Å². The maximum Gasteiger partial charge on any atom is 0.275 e. The number of benzene rings is 2. The maximum atomic E-state index is 14.3. The predicted molar refractivity (Wildman–Crippen MR) is 186 cm³/mol. The summed E-state index contributed by atoms with van der Waals surface area (Å²) >= 11 is 6.33. The first-order valence-corrected chi connectivity index (χ1v) is 16.3. The Morgan fingerprint density at radius 3 is 2.24 bits per heavy atom. The van der Waals surface area contributed by atoms with Crippen molar-refractivity contribution in [1.29, 1.82) is 5.41 Å². The summed E-state index contributed by atoms with van der Waals surface area (Å²) in [5.41, 5.74) is 7.63. The van der Waals surface area contributed by atoms with Crippen LogP contribution in [0.2, 0.25) is 5.02 Å². The molecule has 8 N–H and O–H groups in total. The predicted octanol–water partition coefficient (Wildman–Crippen LogP) is 6.24. The lowest BCUT2D eigenvalue weighted by Gasteiger charge is -2.47. The molecule has 1 fully saturated rings. The minimum Gasteiger partial charge on any atom is -0.387 e. The van der Waals surface area contributed by atoms with E-state index in [0.717, 1.165) is 62.4 Å². The summed E-state index contributed by atoms with van der Waals surface area (Å²) in [6.07, 6.45) is 7.66. The van der Waals surface area contributed by atoms with Gasteiger partial charge in [0, 0.05) is 16.1 Å². The van der Waals surface area contributed by atoms with Crippen LogP contribution in [-0.4, -0.2) is 47.9 Å². The number of carbonyl (C=O) groups excluding carboxylic acids is 2. The Balaban J connectivity index is 0.000000790. The fourth-order valence-corrected chi connectivity index (χ4v) is 6.44. The number of nitrogens with zero attached hydrogens (tertiary/aromatic N) is 2. The topological polar surface area (TPSA) is 164 Å². The van der Waals surface area contributed by atoms with Crippen LogP contribution in [0.25, 0.3) is 0 Å². The van der Waals surface area contributed by atoms with E-state index in [1.165, 1.54) is 0 Å². The van der Waals surface area contributed by atoms with Gasteiger partial charge in [-0.1, -0.05) is 89.0 Å². The lowest BCUT2D eigenvalue weighted by atomic mass is 9.69. The van der Waals surface area contributed by atoms with Crippen LogP contribution in [0.5, 0.6) is 0 Å². The highest BCUT2D eigenvalue weighted by Crippen LogP contribution is 2.50. The highest BCUT2D eigenvalue weighted by Gasteiger charge is 2.52. The van der Waals surface area contributed by atoms with Gasteiger partial charge in [0.15, 0.2) is 0 Å². The zero-order chi connectivity index (χ0) is 33.8. The van der Waals surface area contributed by atoms with Crippen LogP contribution < -0.4 is 22.7 Å². The molecular weight excluding hydrogens is 586 g/mol. The van der Waals surface area contributed by atoms with Crippen LogP contribution in [0.1, 0.15) is 107 Å². The van der Waals surface area contributed by atoms with Gasteiger partial charge in [0.25, 0.3) is 5.91 Å². The van der Waals surface area contributed by atoms with E-state index in [-0.39, 0.29) is 23.2 Å². The molecule has 248 valence electrons. The van der Waals surface area contributed by atoms with Gasteiger partial charge in [-0.15, -0.1) is 0 Å². The molecule has 1 saturated carbocycles. The van der Waals surface area contributed by atoms with Gasteiger partial charge in [-0.25, -0.2) is 0 Å². The second-order valence-electron chi connectivity index (χ2n) is 13.2. The number of aliphatic imine (C=N–C) groups is 1. The third kappa shape index (κ3) is 10.2. The third-order valence-corrected chi connectivity index (χ3v) is 9.30. The minimum atomic E-state index is -0.556. The second kappa shape index (κ2) is 17.5. The van der Waals surface area contributed by atoms with Gasteiger partial charge in [0.1, 0.15) is 23.5 Å². The van der Waals surface area contributed by atoms with Crippen molar-refractivity contribution < 1.29 is 9.59 Å². The summed E-state index contributed by atoms with van der Waals surface area (Å²) in [5.74, 6) is 9.34. The lowest BCUT2D eigenvalue weighted by Crippen LogP contribution is -2.51. The standard InChI is InChI=1S/C32H41ClN2O2.C3H9N3.H4N2/c1-6-22(2)10-15-28(24-13-11-23(21-36)12-14-24)35-30(37)29(25-8-7-9-27(33)20-25)34-32(35)18-16-26(17-19-32)31(3,4)5;1-6-2-3(4)5;1-2/h7-9,11-14,20-22,26,28H,6,10,15-19H2,1-5H3;6H,2H2,1H3,(H3,4,5);1-2H2. The van der Waals surface area contributed by atoms with Crippen LogP contribution >= 0.6 is 11.6 Å². The van der Waals surface area contributed by atoms with Gasteiger partial charge in [-0.3, -0.25) is 31.7 Å². The number of likely N-dealkylation sites (N-methyl/N-ethyl adjacent to an activating group) is 1. The van der Waals surface area contributed by atoms with Crippen molar-refractivity contribution in [2.75, 3.05) is 13.6 Å². The van der Waals surface area contributed by atoms with Crippen molar-refractivity contribution in [2.24, 2.45) is 39.7 Å². The number of carbonyl (C=O) groups is 2. The molecule has 1 aliphatic heterocycles. The van der Waals surface area contributed by atoms with E-state index in [2.05, 4.69) is 56.5 Å². The molecule has 4 rings (SSSR count). The summed E-state index contributed by atoms with van der Waals surface area (Å²) in [7, 11) is 1.75. The molecule has 2 aliphatic rings. The van der Waals surface area contributed by atoms with Gasteiger partial charge in [0.2, 0.25) is 0 Å². The zero-order valence-electron chi connectivity index (χ0n) is 27.9. The van der Waals surface area contributed by atoms with Gasteiger partial charge in [0.05, 0.1) is 12.6 Å². The van der Waals surface area contributed by atoms with Gasteiger partial charge < -0.3 is 16.0 Å². The molecule has 0 saturated heterocycles. The number of amides is 1. The number of aldehydes is 1. The fraction of sp³-hybridized carbons (Fsp3) is 0.543. The molecule has 1 aliphatic carbocycles. The zero-order valence-corrected chi connectivity index (χ0v) is 28.7. The van der Waals surface area contributed by atoms with Crippen molar-refractivity contribution in [3.05, 3.63) is 70.2 Å². The average Bonchev–Trinajstić information content (AvgIpc) is 3.29. The van der Waals surface area contributed by atoms with Crippen molar-refractivity contribution >= 4 is 35.3 Å². The number of amidine groups is 1. The normalized spacial score (nSPS) is 20.7. The summed E-state index contributed by atoms with van der Waals surface area (Å²) in [6, 6.07) is 15.2. The van der Waals surface area contributed by atoms with E-state index >= 15 is 0 Å². The number of hydrazine groups is 1. The summed E-state index contributed by atoms with van der Waals surface area (Å²) < 4.78 is 0. The summed E-state index contributed by atoms with van der Waals surface area (Å²) in [5, 5.41) is 9.93. The molecule has 2 unspecified atom stereocenters. The molecule has 0 aromatic heterocycles. The highest BCUT2D eigenvalue weighted by atomic mass is 35.5. The van der Waals surface area contributed by atoms with E-state index in [9.17, 15) is 9.59 Å². The number of hydrogen-bond acceptors (Lipinski definition) is 7. The third-order valence-electron chi connectivity index (χ3n) is 9.06. The highest BCUT2D eigenvalue weighted by molar-refractivity contribution is 6.47. The molecule has 45 heavy (non-hydrogen) atoms. The first-order valence-electron chi connectivity index (χ1n) is 15.9. The number of hydrogen-bond donors (Lipinski definition) is 5. The SMILES string of the molecule is CCC(C)CCC(c1ccc(C=O)cc1)N1C(=O)C(c2cccc(Cl)c2)=NC12CCC(C(C)(C)C)CC2.CNCC(=N)N.NN. The summed E-state index contributed by atoms with van der Waals surface area (Å²) in [4.78, 5) is 33.0. The average molecular weight is 640 g/mol. The van der Waals surface area contributed by atoms with Crippen molar-refractivity contribution in [1.82, 2.24) is 10.2 Å². The van der Waals surface area contributed by atoms with E-state index in [4.69, 9.17) is 27.7 Å². The quantitative estimate of drug-likeness (QED) is 0.0678. The summed E-state index contributed by atoms with van der Waals surface area (Å²) in [6.45, 7) is 11.9. The first-order chi connectivity index (χ1) is 21.3. The molecule has 9 nitrogen and oxygen atoms in total. The molecule has 1 heterocycles. The monoisotopic (exact) mass is 639 g/mol. The largest absolute Gasteiger partial charge is 0.387 e. The van der Waals surface area contributed by atoms with Crippen LogP contribution in [-0.2, 0) is 4.79 Å². The Hall–Kier alpha value is -3.11. The van der Waals surface area contributed by atoms with Crippen LogP contribution in [0, 0.1) is 22.7 Å². The van der Waals surface area contributed by atoms with Crippen molar-refractivity contribution in [3.8, 4) is 0 Å². The Bertz CT molecular complexity index is 1280. The van der Waals surface area contributed by atoms with Crippen LogP contribution in [0.15, 0.2) is 53.5 Å². The Morgan fingerprint density at radius 2 is 1.78 bits per heavy atom. The second-order valence-corrected chi connectivity index (χ2v) is 13.7. The van der Waals surface area contributed by atoms with Crippen molar-refractivity contribution in [2.45, 2.75) is 91.3 Å². The van der Waals surface area contributed by atoms with Gasteiger partial charge in [-0.05, 0) is 80.5 Å². The number of halogens is 1. The molecule has 2 atom stereocenters. The molecule has 10 heteroatoms. The van der Waals surface area contributed by atoms with E-state index in [1.54, 1.807) is 7.05 Å². The smallest absolute Gasteiger partial charge is 0.275 e. The lowest BCUT2D eigenvalue weighted by molar-refractivity contribution is -0.133. The fourth-order valence-electron chi connectivity index (χ4n) is 6.25. The number of nitrogens with one attached hydrogen (secondary N) is 2. The molecule has 2 aromatic carbocycles. The molecule has 0 radical (unpaired) electrons. The first kappa shape index (κ1) is 38.1. The Kier molecular flexibility index (Phi) is 14.8. The minimum absolute atomic E-state index is 0.00918. The maximum absolute atomic E-state index is 14.3. The van der Waals surface area contributed by atoms with E-state index in [1.807, 2.05) is 48.5 Å². The van der Waals surface area contributed by atoms with Gasteiger partial charge >= 0.3 is 0 Å². The van der Waals surface area contributed by atoms with Gasteiger partial charge in [-0.2, -0.15) is 0 Å². The number of nitrogens with two attached hydrogens (primary N) is 3. The molecular formula is C35H54ClN7O2. The molecule has 1 amide bonds.